The fourth-order valence-corrected chi connectivity index (χ4v) is 3.56. The Morgan fingerprint density at radius 1 is 0.848 bits per heavy atom. The molecule has 0 aliphatic rings. The molecule has 0 bridgehead atoms. The van der Waals surface area contributed by atoms with E-state index in [1.165, 1.54) is 5.56 Å². The molecule has 0 saturated heterocycles. The lowest BCUT2D eigenvalue weighted by molar-refractivity contribution is 0.415. The van der Waals surface area contributed by atoms with E-state index in [1.54, 1.807) is 11.6 Å². The highest BCUT2D eigenvalue weighted by Gasteiger charge is 2.17. The number of rotatable bonds is 5. The van der Waals surface area contributed by atoms with Crippen LogP contribution in [0, 0.1) is 6.92 Å². The third-order valence-corrected chi connectivity index (χ3v) is 5.35. The summed E-state index contributed by atoms with van der Waals surface area (Å²) in [6, 6.07) is 27.6. The van der Waals surface area contributed by atoms with Crippen LogP contribution in [0.4, 0.5) is 17.2 Å². The molecule has 0 aliphatic heterocycles. The summed E-state index contributed by atoms with van der Waals surface area (Å²) in [7, 11) is 1.62. The highest BCUT2D eigenvalue weighted by atomic mass is 16.5. The van der Waals surface area contributed by atoms with E-state index < -0.39 is 0 Å². The van der Waals surface area contributed by atoms with Gasteiger partial charge in [-0.1, -0.05) is 60.2 Å². The maximum Gasteiger partial charge on any atom is 0.186 e. The summed E-state index contributed by atoms with van der Waals surface area (Å²) in [5.41, 5.74) is 12.8. The van der Waals surface area contributed by atoms with Gasteiger partial charge in [-0.05, 0) is 37.3 Å². The summed E-state index contributed by atoms with van der Waals surface area (Å²) in [6.07, 6.45) is 0. The van der Waals surface area contributed by atoms with E-state index in [2.05, 4.69) is 46.5 Å². The quantitative estimate of drug-likeness (QED) is 0.325. The minimum Gasteiger partial charge on any atom is -0.497 e. The molecule has 0 spiro atoms. The largest absolute Gasteiger partial charge is 0.497 e. The van der Waals surface area contributed by atoms with Crippen molar-refractivity contribution in [2.24, 2.45) is 10.2 Å². The summed E-state index contributed by atoms with van der Waals surface area (Å²) in [4.78, 5) is 4.87. The van der Waals surface area contributed by atoms with Crippen molar-refractivity contribution in [2.45, 2.75) is 6.92 Å². The average molecular weight is 435 g/mol. The van der Waals surface area contributed by atoms with Crippen LogP contribution in [0.1, 0.15) is 5.56 Å². The molecule has 0 amide bonds. The zero-order valence-corrected chi connectivity index (χ0v) is 18.3. The lowest BCUT2D eigenvalue weighted by atomic mass is 10.1. The molecule has 7 heteroatoms. The van der Waals surface area contributed by atoms with Gasteiger partial charge in [0.05, 0.1) is 24.2 Å². The molecule has 33 heavy (non-hydrogen) atoms. The molecule has 5 aromatic rings. The number of nitrogens with two attached hydrogens (primary N) is 1. The van der Waals surface area contributed by atoms with Crippen LogP contribution in [0.5, 0.6) is 5.75 Å². The Morgan fingerprint density at radius 2 is 1.58 bits per heavy atom. The molecule has 2 N–H and O–H groups in total. The minimum atomic E-state index is 0.262. The standard InChI is InChI=1S/C26H22N6O/c1-17-8-10-18(11-9-17)22-16-23(19-6-4-3-5-7-19)32-26(28-22)24(25(27)31-32)30-29-20-12-14-21(33-2)15-13-20/h3-16H,1-2H3,(H2,27,31). The monoisotopic (exact) mass is 434 g/mol. The first-order valence-electron chi connectivity index (χ1n) is 10.5. The van der Waals surface area contributed by atoms with Crippen molar-refractivity contribution < 1.29 is 4.74 Å². The molecule has 2 heterocycles. The molecule has 0 aliphatic carbocycles. The lowest BCUT2D eigenvalue weighted by Gasteiger charge is -2.09. The van der Waals surface area contributed by atoms with Gasteiger partial charge in [-0.25, -0.2) is 9.50 Å². The summed E-state index contributed by atoms with van der Waals surface area (Å²) in [5.74, 6) is 1.01. The van der Waals surface area contributed by atoms with Gasteiger partial charge < -0.3 is 10.5 Å². The number of nitrogen functional groups attached to an aromatic ring is 1. The molecule has 162 valence electrons. The third-order valence-electron chi connectivity index (χ3n) is 5.35. The van der Waals surface area contributed by atoms with E-state index in [9.17, 15) is 0 Å². The normalized spacial score (nSPS) is 11.3. The fourth-order valence-electron chi connectivity index (χ4n) is 3.56. The Kier molecular flexibility index (Phi) is 5.28. The van der Waals surface area contributed by atoms with Crippen LogP contribution in [-0.2, 0) is 0 Å². The molecule has 0 fully saturated rings. The maximum atomic E-state index is 6.27. The predicted octanol–water partition coefficient (Wildman–Crippen LogP) is 6.38. The molecular formula is C26H22N6O. The van der Waals surface area contributed by atoms with E-state index >= 15 is 0 Å². The second-order valence-corrected chi connectivity index (χ2v) is 7.63. The highest BCUT2D eigenvalue weighted by Crippen LogP contribution is 2.34. The lowest BCUT2D eigenvalue weighted by Crippen LogP contribution is -1.98. The first-order valence-corrected chi connectivity index (χ1v) is 10.5. The van der Waals surface area contributed by atoms with Gasteiger partial charge >= 0.3 is 0 Å². The van der Waals surface area contributed by atoms with Gasteiger partial charge in [0.1, 0.15) is 5.75 Å². The van der Waals surface area contributed by atoms with E-state index in [0.29, 0.717) is 17.0 Å². The van der Waals surface area contributed by atoms with Crippen molar-refractivity contribution in [3.05, 3.63) is 90.5 Å². The van der Waals surface area contributed by atoms with E-state index in [4.69, 9.17) is 15.5 Å². The first kappa shape index (κ1) is 20.4. The number of fused-ring (bicyclic) bond motifs is 1. The fraction of sp³-hybridized carbons (Fsp3) is 0.0769. The Bertz CT molecular complexity index is 1440. The van der Waals surface area contributed by atoms with Crippen LogP contribution in [-0.4, -0.2) is 21.7 Å². The Balaban J connectivity index is 1.68. The van der Waals surface area contributed by atoms with Gasteiger partial charge in [-0.2, -0.15) is 5.11 Å². The predicted molar refractivity (Wildman–Crippen MR) is 130 cm³/mol. The molecule has 0 radical (unpaired) electrons. The van der Waals surface area contributed by atoms with E-state index in [-0.39, 0.29) is 5.82 Å². The topological polar surface area (TPSA) is 90.2 Å². The number of anilines is 1. The SMILES string of the molecule is COc1ccc(N=Nc2c(N)nn3c(-c4ccccc4)cc(-c4ccc(C)cc4)nc23)cc1. The zero-order chi connectivity index (χ0) is 22.8. The van der Waals surface area contributed by atoms with Crippen LogP contribution in [0.2, 0.25) is 0 Å². The molecule has 7 nitrogen and oxygen atoms in total. The molecule has 2 aromatic heterocycles. The number of hydrogen-bond acceptors (Lipinski definition) is 6. The number of aromatic nitrogens is 3. The summed E-state index contributed by atoms with van der Waals surface area (Å²) in [6.45, 7) is 2.06. The van der Waals surface area contributed by atoms with Crippen LogP contribution in [0.15, 0.2) is 95.2 Å². The zero-order valence-electron chi connectivity index (χ0n) is 18.3. The Morgan fingerprint density at radius 3 is 2.27 bits per heavy atom. The van der Waals surface area contributed by atoms with Gasteiger partial charge in [-0.15, -0.1) is 10.2 Å². The molecule has 0 unspecified atom stereocenters. The van der Waals surface area contributed by atoms with Crippen molar-refractivity contribution in [3.8, 4) is 28.3 Å². The number of ether oxygens (including phenoxy) is 1. The third kappa shape index (κ3) is 4.04. The minimum absolute atomic E-state index is 0.262. The first-order chi connectivity index (χ1) is 16.1. The van der Waals surface area contributed by atoms with Crippen molar-refractivity contribution in [3.63, 3.8) is 0 Å². The second kappa shape index (κ2) is 8.55. The van der Waals surface area contributed by atoms with Crippen LogP contribution < -0.4 is 10.5 Å². The van der Waals surface area contributed by atoms with Crippen molar-refractivity contribution in [1.82, 2.24) is 14.6 Å². The van der Waals surface area contributed by atoms with Gasteiger partial charge in [-0.3, -0.25) is 0 Å². The number of aryl methyl sites for hydroxylation is 1. The molecule has 5 rings (SSSR count). The Hall–Kier alpha value is -4.52. The number of hydrogen-bond donors (Lipinski definition) is 1. The average Bonchev–Trinajstić information content (AvgIpc) is 3.18. The highest BCUT2D eigenvalue weighted by molar-refractivity contribution is 5.81. The molecular weight excluding hydrogens is 412 g/mol. The smallest absolute Gasteiger partial charge is 0.186 e. The number of nitrogens with zero attached hydrogens (tertiary/aromatic N) is 5. The summed E-state index contributed by atoms with van der Waals surface area (Å²) < 4.78 is 6.93. The molecule has 0 saturated carbocycles. The number of azo groups is 1. The number of benzene rings is 3. The van der Waals surface area contributed by atoms with Gasteiger partial charge in [0.15, 0.2) is 17.2 Å². The van der Waals surface area contributed by atoms with Crippen LogP contribution >= 0.6 is 0 Å². The van der Waals surface area contributed by atoms with E-state index in [0.717, 1.165) is 28.3 Å². The van der Waals surface area contributed by atoms with Crippen molar-refractivity contribution >= 4 is 22.8 Å². The van der Waals surface area contributed by atoms with Gasteiger partial charge in [0.25, 0.3) is 0 Å². The van der Waals surface area contributed by atoms with Gasteiger partial charge in [0.2, 0.25) is 0 Å². The number of methoxy groups -OCH3 is 1. The van der Waals surface area contributed by atoms with Crippen molar-refractivity contribution in [2.75, 3.05) is 12.8 Å². The maximum absolute atomic E-state index is 6.27. The molecule has 3 aromatic carbocycles. The van der Waals surface area contributed by atoms with Crippen LogP contribution in [0.25, 0.3) is 28.2 Å². The van der Waals surface area contributed by atoms with Crippen molar-refractivity contribution in [1.29, 1.82) is 0 Å². The Labute approximate surface area is 191 Å². The summed E-state index contributed by atoms with van der Waals surface area (Å²) >= 11 is 0. The molecule has 0 atom stereocenters. The second-order valence-electron chi connectivity index (χ2n) is 7.63. The van der Waals surface area contributed by atoms with Gasteiger partial charge in [0, 0.05) is 11.1 Å². The van der Waals surface area contributed by atoms with E-state index in [1.807, 2.05) is 60.7 Å². The van der Waals surface area contributed by atoms with Crippen LogP contribution in [0.3, 0.4) is 0 Å². The summed E-state index contributed by atoms with van der Waals surface area (Å²) in [5, 5.41) is 13.3.